The first-order valence-electron chi connectivity index (χ1n) is 9.54. The summed E-state index contributed by atoms with van der Waals surface area (Å²) in [4.78, 5) is 44.7. The van der Waals surface area contributed by atoms with Gasteiger partial charge in [-0.15, -0.1) is 0 Å². The number of thioether (sulfide) groups is 1. The maximum absolute atomic E-state index is 12.9. The van der Waals surface area contributed by atoms with Gasteiger partial charge >= 0.3 is 0 Å². The van der Waals surface area contributed by atoms with E-state index in [0.29, 0.717) is 21.3 Å². The van der Waals surface area contributed by atoms with Gasteiger partial charge in [0.15, 0.2) is 0 Å². The van der Waals surface area contributed by atoms with Gasteiger partial charge in [0.25, 0.3) is 5.91 Å². The minimum atomic E-state index is -0.559. The van der Waals surface area contributed by atoms with Gasteiger partial charge in [0.1, 0.15) is 10.4 Å². The predicted octanol–water partition coefficient (Wildman–Crippen LogP) is 3.43. The molecule has 0 saturated carbocycles. The number of aromatic nitrogens is 2. The minimum Gasteiger partial charge on any atom is -0.347 e. The van der Waals surface area contributed by atoms with E-state index in [4.69, 9.17) is 11.6 Å². The highest BCUT2D eigenvalue weighted by Gasteiger charge is 2.21. The van der Waals surface area contributed by atoms with Gasteiger partial charge in [-0.25, -0.2) is 4.98 Å². The normalized spacial score (nSPS) is 11.3. The Hall–Kier alpha value is -3.43. The highest BCUT2D eigenvalue weighted by Crippen LogP contribution is 2.34. The van der Waals surface area contributed by atoms with Crippen molar-refractivity contribution in [1.82, 2.24) is 20.6 Å². The monoisotopic (exact) mass is 469 g/mol. The Balaban J connectivity index is 1.81. The van der Waals surface area contributed by atoms with Crippen LogP contribution >= 0.6 is 23.4 Å². The summed E-state index contributed by atoms with van der Waals surface area (Å²) in [6.07, 6.45) is 4.79. The molecule has 32 heavy (non-hydrogen) atoms. The number of pyridine rings is 2. The number of amides is 3. The lowest BCUT2D eigenvalue weighted by Gasteiger charge is -2.19. The molecule has 3 rings (SSSR count). The first-order valence-corrected chi connectivity index (χ1v) is 10.8. The summed E-state index contributed by atoms with van der Waals surface area (Å²) in [6.45, 7) is 1.17. The van der Waals surface area contributed by atoms with E-state index in [2.05, 4.69) is 25.9 Å². The summed E-state index contributed by atoms with van der Waals surface area (Å²) in [7, 11) is 0. The number of carbonyl (C=O) groups excluding carboxylic acids is 3. The van der Waals surface area contributed by atoms with Crippen LogP contribution in [0, 0.1) is 0 Å². The third kappa shape index (κ3) is 6.79. The molecule has 0 aliphatic rings. The van der Waals surface area contributed by atoms with Crippen LogP contribution in [0.1, 0.15) is 28.2 Å². The van der Waals surface area contributed by atoms with Gasteiger partial charge in [-0.1, -0.05) is 23.4 Å². The molecule has 0 radical (unpaired) electrons. The Morgan fingerprint density at radius 3 is 2.44 bits per heavy atom. The van der Waals surface area contributed by atoms with Crippen LogP contribution in [0.25, 0.3) is 0 Å². The maximum atomic E-state index is 12.9. The van der Waals surface area contributed by atoms with Crippen molar-refractivity contribution in [2.45, 2.75) is 17.3 Å². The van der Waals surface area contributed by atoms with Gasteiger partial charge < -0.3 is 16.0 Å². The Kier molecular flexibility index (Phi) is 8.18. The van der Waals surface area contributed by atoms with E-state index in [-0.39, 0.29) is 24.3 Å². The number of halogens is 1. The molecule has 3 amide bonds. The van der Waals surface area contributed by atoms with Gasteiger partial charge in [-0.2, -0.15) is 0 Å². The second kappa shape index (κ2) is 11.3. The summed E-state index contributed by atoms with van der Waals surface area (Å²) < 4.78 is 0. The molecule has 0 spiro atoms. The molecule has 3 N–H and O–H groups in total. The van der Waals surface area contributed by atoms with Crippen LogP contribution < -0.4 is 16.0 Å². The topological polar surface area (TPSA) is 113 Å². The average Bonchev–Trinajstić information content (AvgIpc) is 2.79. The summed E-state index contributed by atoms with van der Waals surface area (Å²) >= 11 is 7.11. The molecule has 0 bridgehead atoms. The zero-order valence-corrected chi connectivity index (χ0v) is 18.6. The van der Waals surface area contributed by atoms with Gasteiger partial charge in [-0.3, -0.25) is 19.4 Å². The van der Waals surface area contributed by atoms with Gasteiger partial charge in [0.2, 0.25) is 11.8 Å². The molecule has 1 atom stereocenters. The molecule has 0 aliphatic carbocycles. The number of nitrogens with one attached hydrogen (secondary N) is 3. The van der Waals surface area contributed by atoms with Crippen molar-refractivity contribution in [1.29, 1.82) is 0 Å². The van der Waals surface area contributed by atoms with Gasteiger partial charge in [0.05, 0.1) is 12.1 Å². The second-order valence-corrected chi connectivity index (χ2v) is 8.10. The number of hydrogen-bond acceptors (Lipinski definition) is 6. The maximum Gasteiger partial charge on any atom is 0.258 e. The highest BCUT2D eigenvalue weighted by atomic mass is 35.5. The average molecular weight is 470 g/mol. The van der Waals surface area contributed by atoms with Crippen LogP contribution in [-0.4, -0.2) is 34.2 Å². The molecule has 164 valence electrons. The number of carbonyl (C=O) groups is 3. The summed E-state index contributed by atoms with van der Waals surface area (Å²) in [5.74, 6) is -1.03. The number of anilines is 1. The number of nitrogens with zero attached hydrogens (tertiary/aromatic N) is 2. The molecule has 0 aliphatic heterocycles. The van der Waals surface area contributed by atoms with E-state index in [0.717, 1.165) is 5.56 Å². The standard InChI is InChI=1S/C22H20ClN5O3S/c1-14(29)26-13-19(30)28-21(15-8-11-24-12-9-15)32-22-18(3-2-10-25-22)20(31)27-17-6-4-16(23)5-7-17/h2-12,21H,13H2,1H3,(H,26,29)(H,27,31)(H,28,30). The van der Waals surface area contributed by atoms with Crippen LogP contribution in [0.3, 0.4) is 0 Å². The minimum absolute atomic E-state index is 0.163. The van der Waals surface area contributed by atoms with Gasteiger partial charge in [-0.05, 0) is 54.1 Å². The smallest absolute Gasteiger partial charge is 0.258 e. The molecular weight excluding hydrogens is 450 g/mol. The van der Waals surface area contributed by atoms with Crippen molar-refractivity contribution < 1.29 is 14.4 Å². The van der Waals surface area contributed by atoms with E-state index in [1.165, 1.54) is 18.7 Å². The van der Waals surface area contributed by atoms with Crippen LogP contribution in [-0.2, 0) is 9.59 Å². The molecule has 2 aromatic heterocycles. The number of rotatable bonds is 8. The van der Waals surface area contributed by atoms with Crippen molar-refractivity contribution in [3.8, 4) is 0 Å². The highest BCUT2D eigenvalue weighted by molar-refractivity contribution is 7.99. The molecule has 2 heterocycles. The fourth-order valence-corrected chi connectivity index (χ4v) is 3.86. The molecule has 1 aromatic carbocycles. The molecular formula is C22H20ClN5O3S. The second-order valence-electron chi connectivity index (χ2n) is 6.57. The van der Waals surface area contributed by atoms with Crippen molar-refractivity contribution in [3.63, 3.8) is 0 Å². The lowest BCUT2D eigenvalue weighted by Crippen LogP contribution is -2.37. The first-order chi connectivity index (χ1) is 15.4. The number of hydrogen-bond donors (Lipinski definition) is 3. The molecule has 0 saturated heterocycles. The quantitative estimate of drug-likeness (QED) is 0.344. The summed E-state index contributed by atoms with van der Waals surface area (Å²) in [6, 6.07) is 13.6. The van der Waals surface area contributed by atoms with Crippen molar-refractivity contribution in [2.24, 2.45) is 0 Å². The van der Waals surface area contributed by atoms with Crippen molar-refractivity contribution in [3.05, 3.63) is 83.3 Å². The lowest BCUT2D eigenvalue weighted by atomic mass is 10.2. The zero-order valence-electron chi connectivity index (χ0n) is 17.0. The molecule has 0 fully saturated rings. The molecule has 3 aromatic rings. The molecule has 10 heteroatoms. The zero-order chi connectivity index (χ0) is 22.9. The summed E-state index contributed by atoms with van der Waals surface area (Å²) in [5.41, 5.74) is 1.70. The Labute approximate surface area is 194 Å². The third-order valence-electron chi connectivity index (χ3n) is 4.15. The lowest BCUT2D eigenvalue weighted by molar-refractivity contribution is -0.125. The Bertz CT molecular complexity index is 1100. The van der Waals surface area contributed by atoms with Crippen LogP contribution in [0.4, 0.5) is 5.69 Å². The van der Waals surface area contributed by atoms with E-state index < -0.39 is 5.37 Å². The predicted molar refractivity (Wildman–Crippen MR) is 123 cm³/mol. The third-order valence-corrected chi connectivity index (χ3v) is 5.57. The summed E-state index contributed by atoms with van der Waals surface area (Å²) in [5, 5.41) is 8.57. The number of benzene rings is 1. The fourth-order valence-electron chi connectivity index (χ4n) is 2.62. The van der Waals surface area contributed by atoms with Crippen molar-refractivity contribution >= 4 is 46.8 Å². The van der Waals surface area contributed by atoms with E-state index in [9.17, 15) is 14.4 Å². The van der Waals surface area contributed by atoms with E-state index in [1.807, 2.05) is 0 Å². The van der Waals surface area contributed by atoms with Crippen LogP contribution in [0.5, 0.6) is 0 Å². The van der Waals surface area contributed by atoms with Crippen LogP contribution in [0.15, 0.2) is 72.1 Å². The van der Waals surface area contributed by atoms with E-state index >= 15 is 0 Å². The fraction of sp³-hybridized carbons (Fsp3) is 0.136. The van der Waals surface area contributed by atoms with Crippen molar-refractivity contribution in [2.75, 3.05) is 11.9 Å². The molecule has 1 unspecified atom stereocenters. The van der Waals surface area contributed by atoms with Crippen LogP contribution in [0.2, 0.25) is 5.02 Å². The van der Waals surface area contributed by atoms with Gasteiger partial charge in [0, 0.05) is 36.2 Å². The first kappa shape index (κ1) is 23.2. The van der Waals surface area contributed by atoms with E-state index in [1.54, 1.807) is 67.1 Å². The SMILES string of the molecule is CC(=O)NCC(=O)NC(Sc1ncccc1C(=O)Nc1ccc(Cl)cc1)c1ccncc1. The Morgan fingerprint density at radius 1 is 1.03 bits per heavy atom. The molecule has 8 nitrogen and oxygen atoms in total. The largest absolute Gasteiger partial charge is 0.347 e. The Morgan fingerprint density at radius 2 is 1.75 bits per heavy atom.